The second kappa shape index (κ2) is 33.9. The average molecular weight is 702 g/mol. The summed E-state index contributed by atoms with van der Waals surface area (Å²) in [4.78, 5) is 27.3. The molecule has 0 radical (unpaired) electrons. The van der Waals surface area contributed by atoms with E-state index in [1.54, 1.807) is 0 Å². The molecule has 7 heteroatoms. The fourth-order valence-electron chi connectivity index (χ4n) is 6.17. The van der Waals surface area contributed by atoms with Crippen molar-refractivity contribution in [1.29, 1.82) is 0 Å². The Labute approximate surface area is 306 Å². The third-order valence-electron chi connectivity index (χ3n) is 9.20. The van der Waals surface area contributed by atoms with Gasteiger partial charge in [0.15, 0.2) is 12.2 Å². The Morgan fingerprint density at radius 2 is 0.940 bits per heavy atom. The number of aliphatic hydroxyl groups is 2. The number of nitrogens with zero attached hydrogens (tertiary/aromatic N) is 1. The number of hydrogen-bond acceptors (Lipinski definition) is 7. The fourth-order valence-corrected chi connectivity index (χ4v) is 6.17. The summed E-state index contributed by atoms with van der Waals surface area (Å²) in [6.07, 6.45) is 41.6. The largest absolute Gasteiger partial charge is 0.457 e. The van der Waals surface area contributed by atoms with Crippen LogP contribution in [0.1, 0.15) is 168 Å². The maximum atomic E-state index is 12.7. The van der Waals surface area contributed by atoms with Gasteiger partial charge in [-0.25, -0.2) is 0 Å². The van der Waals surface area contributed by atoms with Gasteiger partial charge in [-0.1, -0.05) is 127 Å². The molecule has 3 atom stereocenters. The van der Waals surface area contributed by atoms with Crippen LogP contribution < -0.4 is 0 Å². The molecule has 50 heavy (non-hydrogen) atoms. The molecule has 0 spiro atoms. The highest BCUT2D eigenvalue weighted by atomic mass is 16.6. The predicted molar refractivity (Wildman–Crippen MR) is 208 cm³/mol. The van der Waals surface area contributed by atoms with Gasteiger partial charge in [0, 0.05) is 32.5 Å². The van der Waals surface area contributed by atoms with Crippen molar-refractivity contribution in [3.63, 3.8) is 0 Å². The molecule has 0 aromatic rings. The van der Waals surface area contributed by atoms with Gasteiger partial charge in [0.1, 0.15) is 0 Å². The normalized spacial score (nSPS) is 17.6. The number of hydrogen-bond donors (Lipinski definition) is 2. The van der Waals surface area contributed by atoms with Crippen LogP contribution in [-0.4, -0.2) is 71.6 Å². The highest BCUT2D eigenvalue weighted by molar-refractivity contribution is 5.70. The van der Waals surface area contributed by atoms with Crippen LogP contribution >= 0.6 is 0 Å². The Hall–Kier alpha value is -2.22. The first kappa shape index (κ1) is 45.8. The zero-order chi connectivity index (χ0) is 36.3. The summed E-state index contributed by atoms with van der Waals surface area (Å²) in [7, 11) is 0. The summed E-state index contributed by atoms with van der Waals surface area (Å²) >= 11 is 0. The monoisotopic (exact) mass is 702 g/mol. The number of β-amino-alcohol motifs (C(OH)–C–C–N with tert-alkyl or cyclic N) is 1. The van der Waals surface area contributed by atoms with Crippen LogP contribution in [0.15, 0.2) is 48.6 Å². The van der Waals surface area contributed by atoms with Crippen molar-refractivity contribution < 1.29 is 29.3 Å². The number of carbonyl (C=O) groups is 2. The highest BCUT2D eigenvalue weighted by Gasteiger charge is 2.38. The average Bonchev–Trinajstić information content (AvgIpc) is 3.47. The molecule has 1 unspecified atom stereocenters. The molecule has 0 aliphatic carbocycles. The number of esters is 2. The third kappa shape index (κ3) is 27.5. The van der Waals surface area contributed by atoms with E-state index in [0.717, 1.165) is 77.0 Å². The van der Waals surface area contributed by atoms with Gasteiger partial charge in [-0.3, -0.25) is 14.5 Å². The Kier molecular flexibility index (Phi) is 31.1. The van der Waals surface area contributed by atoms with Crippen LogP contribution in [-0.2, 0) is 19.1 Å². The quantitative estimate of drug-likeness (QED) is 0.0399. The van der Waals surface area contributed by atoms with Crippen LogP contribution in [0.25, 0.3) is 0 Å². The molecule has 0 aromatic carbocycles. The number of ether oxygens (including phenoxy) is 2. The van der Waals surface area contributed by atoms with Crippen molar-refractivity contribution in [2.45, 2.75) is 186 Å². The van der Waals surface area contributed by atoms with Crippen molar-refractivity contribution in [2.24, 2.45) is 0 Å². The lowest BCUT2D eigenvalue weighted by Gasteiger charge is -2.19. The summed E-state index contributed by atoms with van der Waals surface area (Å²) < 4.78 is 11.6. The number of unbranched alkanes of at least 4 members (excludes halogenated alkanes) is 16. The second-order valence-electron chi connectivity index (χ2n) is 14.1. The zero-order valence-electron chi connectivity index (χ0n) is 32.1. The van der Waals surface area contributed by atoms with Gasteiger partial charge < -0.3 is 19.7 Å². The summed E-state index contributed by atoms with van der Waals surface area (Å²) in [6.45, 7) is 5.13. The van der Waals surface area contributed by atoms with Gasteiger partial charge in [0.25, 0.3) is 0 Å². The van der Waals surface area contributed by atoms with Gasteiger partial charge in [-0.15, -0.1) is 0 Å². The van der Waals surface area contributed by atoms with E-state index in [-0.39, 0.29) is 25.1 Å². The standard InChI is InChI=1S/C43H75NO6/c1-3-5-7-9-11-13-15-17-19-21-23-25-27-29-31-33-42(47)49-40-36-44(35-39(46)38-45)37-41(40)50-43(48)34-32-30-28-26-24-22-20-18-16-14-12-10-8-6-4-2/h11-14,17-20,39-41,45-46H,3-10,15-16,21-38H2,1-2H3/t39?,40-,41-/m1/s1. The number of carbonyl (C=O) groups excluding carboxylic acids is 2. The Morgan fingerprint density at radius 1 is 0.580 bits per heavy atom. The topological polar surface area (TPSA) is 96.3 Å². The summed E-state index contributed by atoms with van der Waals surface area (Å²) in [5, 5.41) is 19.2. The molecule has 0 aromatic heterocycles. The van der Waals surface area contributed by atoms with Crippen molar-refractivity contribution in [3.8, 4) is 0 Å². The minimum Gasteiger partial charge on any atom is -0.457 e. The first-order valence-corrected chi connectivity index (χ1v) is 20.5. The van der Waals surface area contributed by atoms with E-state index in [9.17, 15) is 19.8 Å². The summed E-state index contributed by atoms with van der Waals surface area (Å²) in [5.74, 6) is -0.528. The number of likely N-dealkylation sites (tertiary alicyclic amines) is 1. The van der Waals surface area contributed by atoms with Crippen LogP contribution in [0.4, 0.5) is 0 Å². The molecule has 1 rings (SSSR count). The molecular weight excluding hydrogens is 626 g/mol. The molecule has 0 amide bonds. The molecule has 0 saturated carbocycles. The predicted octanol–water partition coefficient (Wildman–Crippen LogP) is 10.1. The van der Waals surface area contributed by atoms with Gasteiger partial charge in [-0.2, -0.15) is 0 Å². The van der Waals surface area contributed by atoms with Crippen LogP contribution in [0.5, 0.6) is 0 Å². The molecule has 1 fully saturated rings. The van der Waals surface area contributed by atoms with Crippen molar-refractivity contribution in [3.05, 3.63) is 48.6 Å². The van der Waals surface area contributed by atoms with Crippen LogP contribution in [0.3, 0.4) is 0 Å². The van der Waals surface area contributed by atoms with Crippen LogP contribution in [0.2, 0.25) is 0 Å². The van der Waals surface area contributed by atoms with Gasteiger partial charge >= 0.3 is 11.9 Å². The Balaban J connectivity index is 2.22. The van der Waals surface area contributed by atoms with E-state index in [2.05, 4.69) is 62.5 Å². The van der Waals surface area contributed by atoms with Gasteiger partial charge in [0.05, 0.1) is 12.7 Å². The first-order valence-electron chi connectivity index (χ1n) is 20.5. The van der Waals surface area contributed by atoms with Crippen molar-refractivity contribution in [2.75, 3.05) is 26.2 Å². The molecule has 7 nitrogen and oxygen atoms in total. The lowest BCUT2D eigenvalue weighted by atomic mass is 10.1. The SMILES string of the molecule is CCCCCC=CCC=CCCCCCCCC(=O)O[C@@H]1CN(CC(O)CO)C[C@H]1OC(=O)CCCCCCCC=CCC=CCCCCC. The first-order chi connectivity index (χ1) is 24.5. The Morgan fingerprint density at radius 3 is 1.32 bits per heavy atom. The van der Waals surface area contributed by atoms with Crippen molar-refractivity contribution >= 4 is 11.9 Å². The number of allylic oxidation sites excluding steroid dienone is 8. The van der Waals surface area contributed by atoms with E-state index < -0.39 is 18.3 Å². The third-order valence-corrected chi connectivity index (χ3v) is 9.20. The minimum atomic E-state index is -0.888. The molecule has 0 bridgehead atoms. The van der Waals surface area contributed by atoms with Gasteiger partial charge in [0.2, 0.25) is 0 Å². The second-order valence-corrected chi connectivity index (χ2v) is 14.1. The van der Waals surface area contributed by atoms with Crippen LogP contribution in [0, 0.1) is 0 Å². The zero-order valence-corrected chi connectivity index (χ0v) is 32.1. The molecule has 2 N–H and O–H groups in total. The molecule has 1 heterocycles. The molecular formula is C43H75NO6. The highest BCUT2D eigenvalue weighted by Crippen LogP contribution is 2.20. The van der Waals surface area contributed by atoms with E-state index in [4.69, 9.17) is 9.47 Å². The van der Waals surface area contributed by atoms with E-state index in [0.29, 0.717) is 25.9 Å². The minimum absolute atomic E-state index is 0.245. The van der Waals surface area contributed by atoms with E-state index in [1.165, 1.54) is 64.2 Å². The Bertz CT molecular complexity index is 860. The van der Waals surface area contributed by atoms with Crippen molar-refractivity contribution in [1.82, 2.24) is 4.90 Å². The maximum absolute atomic E-state index is 12.7. The maximum Gasteiger partial charge on any atom is 0.306 e. The van der Waals surface area contributed by atoms with E-state index in [1.807, 2.05) is 4.90 Å². The smallest absolute Gasteiger partial charge is 0.306 e. The van der Waals surface area contributed by atoms with Gasteiger partial charge in [-0.05, 0) is 77.0 Å². The summed E-state index contributed by atoms with van der Waals surface area (Å²) in [5.41, 5.74) is 0. The lowest BCUT2D eigenvalue weighted by Crippen LogP contribution is -2.33. The molecule has 288 valence electrons. The summed E-state index contributed by atoms with van der Waals surface area (Å²) in [6, 6.07) is 0. The molecule has 1 aliphatic heterocycles. The van der Waals surface area contributed by atoms with E-state index >= 15 is 0 Å². The fraction of sp³-hybridized carbons (Fsp3) is 0.767. The molecule has 1 aliphatic rings. The lowest BCUT2D eigenvalue weighted by molar-refractivity contribution is -0.164. The molecule has 1 saturated heterocycles. The number of aliphatic hydroxyl groups excluding tert-OH is 2. The number of rotatable bonds is 33.